The summed E-state index contributed by atoms with van der Waals surface area (Å²) in [6.45, 7) is 1.89. The lowest BCUT2D eigenvalue weighted by molar-refractivity contribution is 0.204. The van der Waals surface area contributed by atoms with Crippen molar-refractivity contribution >= 4 is 27.4 Å². The summed E-state index contributed by atoms with van der Waals surface area (Å²) >= 11 is 1.75. The third kappa shape index (κ3) is 3.45. The minimum absolute atomic E-state index is 0.456. The molecule has 2 rings (SSSR count). The number of thiophene rings is 1. The summed E-state index contributed by atoms with van der Waals surface area (Å²) in [6, 6.07) is 8.48. The number of benzene rings is 1. The minimum atomic E-state index is 0.456. The summed E-state index contributed by atoms with van der Waals surface area (Å²) in [7, 11) is 1.66. The Kier molecular flexibility index (Phi) is 4.55. The van der Waals surface area contributed by atoms with Crippen LogP contribution >= 0.6 is 11.3 Å². The number of aliphatic imine (C=N–C) groups is 1. The fourth-order valence-corrected chi connectivity index (χ4v) is 2.40. The number of ether oxygens (including phenoxy) is 1. The van der Waals surface area contributed by atoms with E-state index in [1.807, 2.05) is 0 Å². The van der Waals surface area contributed by atoms with E-state index in [-0.39, 0.29) is 0 Å². The molecule has 4 nitrogen and oxygen atoms in total. The maximum atomic E-state index is 5.74. The van der Waals surface area contributed by atoms with Gasteiger partial charge in [0, 0.05) is 18.4 Å². The van der Waals surface area contributed by atoms with Crippen LogP contribution in [0, 0.1) is 0 Å². The summed E-state index contributed by atoms with van der Waals surface area (Å²) in [6.07, 6.45) is 0. The number of rotatable bonds is 5. The predicted molar refractivity (Wildman–Crippen MR) is 77.0 cm³/mol. The molecule has 0 fully saturated rings. The van der Waals surface area contributed by atoms with Gasteiger partial charge in [0.05, 0.1) is 13.2 Å². The van der Waals surface area contributed by atoms with Crippen molar-refractivity contribution in [1.29, 1.82) is 0 Å². The summed E-state index contributed by atoms with van der Waals surface area (Å²) in [5.74, 6) is 0.456. The molecule has 0 aliphatic carbocycles. The number of guanidine groups is 1. The van der Waals surface area contributed by atoms with Crippen LogP contribution in [0.3, 0.4) is 0 Å². The molecule has 0 radical (unpaired) electrons. The van der Waals surface area contributed by atoms with Crippen molar-refractivity contribution in [2.75, 3.05) is 20.3 Å². The molecule has 0 atom stereocenters. The SMILES string of the molecule is COCCNC(N)=NCc1ccc2sccc2c1. The normalized spacial score (nSPS) is 11.9. The van der Waals surface area contributed by atoms with E-state index < -0.39 is 0 Å². The zero-order chi connectivity index (χ0) is 12.8. The summed E-state index contributed by atoms with van der Waals surface area (Å²) in [5, 5.41) is 6.35. The monoisotopic (exact) mass is 263 g/mol. The van der Waals surface area contributed by atoms with E-state index in [0.29, 0.717) is 25.7 Å². The van der Waals surface area contributed by atoms with Gasteiger partial charge in [0.15, 0.2) is 5.96 Å². The van der Waals surface area contributed by atoms with Crippen LogP contribution in [0.1, 0.15) is 5.56 Å². The largest absolute Gasteiger partial charge is 0.383 e. The van der Waals surface area contributed by atoms with Gasteiger partial charge in [0.25, 0.3) is 0 Å². The van der Waals surface area contributed by atoms with Crippen LogP contribution in [-0.2, 0) is 11.3 Å². The van der Waals surface area contributed by atoms with E-state index in [0.717, 1.165) is 5.56 Å². The number of nitrogens with two attached hydrogens (primary N) is 1. The lowest BCUT2D eigenvalue weighted by Crippen LogP contribution is -2.34. The molecular formula is C13H17N3OS. The van der Waals surface area contributed by atoms with E-state index in [9.17, 15) is 0 Å². The molecule has 3 N–H and O–H groups in total. The molecule has 0 unspecified atom stereocenters. The smallest absolute Gasteiger partial charge is 0.188 e. The number of hydrogen-bond donors (Lipinski definition) is 2. The molecule has 0 saturated carbocycles. The molecule has 0 saturated heterocycles. The van der Waals surface area contributed by atoms with Crippen molar-refractivity contribution in [3.8, 4) is 0 Å². The Morgan fingerprint density at radius 2 is 2.33 bits per heavy atom. The van der Waals surface area contributed by atoms with Crippen molar-refractivity contribution in [2.24, 2.45) is 10.7 Å². The third-order valence-corrected chi connectivity index (χ3v) is 3.46. The molecular weight excluding hydrogens is 246 g/mol. The maximum absolute atomic E-state index is 5.74. The van der Waals surface area contributed by atoms with Gasteiger partial charge in [-0.05, 0) is 34.5 Å². The first-order valence-electron chi connectivity index (χ1n) is 5.78. The molecule has 2 aromatic rings. The highest BCUT2D eigenvalue weighted by atomic mass is 32.1. The molecule has 0 spiro atoms. The Morgan fingerprint density at radius 3 is 3.17 bits per heavy atom. The van der Waals surface area contributed by atoms with Crippen LogP contribution in [0.4, 0.5) is 0 Å². The van der Waals surface area contributed by atoms with E-state index in [1.165, 1.54) is 10.1 Å². The van der Waals surface area contributed by atoms with E-state index in [2.05, 4.69) is 40.0 Å². The van der Waals surface area contributed by atoms with Crippen LogP contribution in [0.15, 0.2) is 34.6 Å². The van der Waals surface area contributed by atoms with Gasteiger partial charge in [-0.25, -0.2) is 4.99 Å². The van der Waals surface area contributed by atoms with Crippen LogP contribution in [-0.4, -0.2) is 26.2 Å². The fraction of sp³-hybridized carbons (Fsp3) is 0.308. The molecule has 0 amide bonds. The lowest BCUT2D eigenvalue weighted by Gasteiger charge is -2.04. The topological polar surface area (TPSA) is 59.6 Å². The van der Waals surface area contributed by atoms with Gasteiger partial charge in [-0.1, -0.05) is 6.07 Å². The van der Waals surface area contributed by atoms with Gasteiger partial charge in [0.1, 0.15) is 0 Å². The van der Waals surface area contributed by atoms with E-state index in [1.54, 1.807) is 18.4 Å². The van der Waals surface area contributed by atoms with Crippen molar-refractivity contribution in [3.05, 3.63) is 35.2 Å². The number of methoxy groups -OCH3 is 1. The predicted octanol–water partition coefficient (Wildman–Crippen LogP) is 1.95. The molecule has 96 valence electrons. The van der Waals surface area contributed by atoms with Gasteiger partial charge in [0.2, 0.25) is 0 Å². The number of nitrogens with zero attached hydrogens (tertiary/aromatic N) is 1. The van der Waals surface area contributed by atoms with Gasteiger partial charge in [-0.15, -0.1) is 11.3 Å². The zero-order valence-electron chi connectivity index (χ0n) is 10.3. The maximum Gasteiger partial charge on any atom is 0.188 e. The van der Waals surface area contributed by atoms with Crippen LogP contribution < -0.4 is 11.1 Å². The lowest BCUT2D eigenvalue weighted by atomic mass is 10.2. The first kappa shape index (κ1) is 12.9. The molecule has 5 heteroatoms. The quantitative estimate of drug-likeness (QED) is 0.492. The second kappa shape index (κ2) is 6.37. The first-order valence-corrected chi connectivity index (χ1v) is 6.66. The second-order valence-corrected chi connectivity index (χ2v) is 4.86. The molecule has 0 bridgehead atoms. The number of nitrogens with one attached hydrogen (secondary N) is 1. The summed E-state index contributed by atoms with van der Waals surface area (Å²) < 4.78 is 6.22. The Labute approximate surface area is 110 Å². The Hall–Kier alpha value is -1.59. The Balaban J connectivity index is 1.94. The highest BCUT2D eigenvalue weighted by Gasteiger charge is 1.97. The average Bonchev–Trinajstić information content (AvgIpc) is 2.84. The van der Waals surface area contributed by atoms with Crippen LogP contribution in [0.2, 0.25) is 0 Å². The fourth-order valence-electron chi connectivity index (χ4n) is 1.63. The highest BCUT2D eigenvalue weighted by Crippen LogP contribution is 2.21. The first-order chi connectivity index (χ1) is 8.79. The third-order valence-electron chi connectivity index (χ3n) is 2.56. The van der Waals surface area contributed by atoms with E-state index >= 15 is 0 Å². The highest BCUT2D eigenvalue weighted by molar-refractivity contribution is 7.17. The molecule has 1 aromatic heterocycles. The summed E-state index contributed by atoms with van der Waals surface area (Å²) in [4.78, 5) is 4.29. The van der Waals surface area contributed by atoms with Crippen molar-refractivity contribution in [2.45, 2.75) is 6.54 Å². The number of fused-ring (bicyclic) bond motifs is 1. The Morgan fingerprint density at radius 1 is 1.44 bits per heavy atom. The van der Waals surface area contributed by atoms with E-state index in [4.69, 9.17) is 10.5 Å². The zero-order valence-corrected chi connectivity index (χ0v) is 11.2. The van der Waals surface area contributed by atoms with Crippen LogP contribution in [0.25, 0.3) is 10.1 Å². The van der Waals surface area contributed by atoms with Gasteiger partial charge in [-0.3, -0.25) is 0 Å². The molecule has 0 aliphatic rings. The number of hydrogen-bond acceptors (Lipinski definition) is 3. The molecule has 1 heterocycles. The average molecular weight is 263 g/mol. The summed E-state index contributed by atoms with van der Waals surface area (Å²) in [5.41, 5.74) is 6.90. The second-order valence-electron chi connectivity index (χ2n) is 3.91. The Bertz CT molecular complexity index is 536. The molecule has 18 heavy (non-hydrogen) atoms. The van der Waals surface area contributed by atoms with Gasteiger partial charge >= 0.3 is 0 Å². The van der Waals surface area contributed by atoms with Crippen molar-refractivity contribution in [3.63, 3.8) is 0 Å². The molecule has 1 aromatic carbocycles. The van der Waals surface area contributed by atoms with Gasteiger partial charge < -0.3 is 15.8 Å². The standard InChI is InChI=1S/C13H17N3OS/c1-17-6-5-15-13(14)16-9-10-2-3-12-11(8-10)4-7-18-12/h2-4,7-8H,5-6,9H2,1H3,(H3,14,15,16). The minimum Gasteiger partial charge on any atom is -0.383 e. The van der Waals surface area contributed by atoms with Crippen molar-refractivity contribution in [1.82, 2.24) is 5.32 Å². The van der Waals surface area contributed by atoms with Crippen molar-refractivity contribution < 1.29 is 4.74 Å². The van der Waals surface area contributed by atoms with Gasteiger partial charge in [-0.2, -0.15) is 0 Å². The van der Waals surface area contributed by atoms with Crippen LogP contribution in [0.5, 0.6) is 0 Å². The molecule has 0 aliphatic heterocycles.